The third-order valence-corrected chi connectivity index (χ3v) is 4.54. The van der Waals surface area contributed by atoms with Crippen LogP contribution in [0.4, 0.5) is 5.69 Å². The molecule has 0 amide bonds. The lowest BCUT2D eigenvalue weighted by molar-refractivity contribution is 0.248. The minimum Gasteiger partial charge on any atom is -0.409 e. The van der Waals surface area contributed by atoms with Crippen LogP contribution >= 0.6 is 0 Å². The largest absolute Gasteiger partial charge is 0.409 e. The molecule has 1 saturated carbocycles. The molecule has 0 bridgehead atoms. The second-order valence-electron chi connectivity index (χ2n) is 6.22. The van der Waals surface area contributed by atoms with Crippen molar-refractivity contribution in [3.8, 4) is 0 Å². The van der Waals surface area contributed by atoms with Gasteiger partial charge in [0.2, 0.25) is 0 Å². The van der Waals surface area contributed by atoms with E-state index >= 15 is 0 Å². The first kappa shape index (κ1) is 14.2. The van der Waals surface area contributed by atoms with Gasteiger partial charge in [-0.2, -0.15) is 0 Å². The van der Waals surface area contributed by atoms with Gasteiger partial charge in [-0.3, -0.25) is 4.90 Å². The zero-order valence-electron chi connectivity index (χ0n) is 12.6. The molecule has 0 atom stereocenters. The molecule has 0 spiro atoms. The highest BCUT2D eigenvalue weighted by molar-refractivity contribution is 5.98. The van der Waals surface area contributed by atoms with Crippen LogP contribution in [0.5, 0.6) is 0 Å². The number of hydrogen-bond donors (Lipinski definition) is 2. The van der Waals surface area contributed by atoms with E-state index in [1.54, 1.807) is 0 Å². The monoisotopic (exact) mass is 288 g/mol. The Morgan fingerprint density at radius 1 is 1.29 bits per heavy atom. The van der Waals surface area contributed by atoms with Gasteiger partial charge in [0.25, 0.3) is 0 Å². The maximum Gasteiger partial charge on any atom is 0.170 e. The Morgan fingerprint density at radius 2 is 2.00 bits per heavy atom. The first-order valence-electron chi connectivity index (χ1n) is 7.73. The molecule has 3 rings (SSSR count). The third kappa shape index (κ3) is 3.29. The summed E-state index contributed by atoms with van der Waals surface area (Å²) in [5, 5.41) is 11.9. The van der Waals surface area contributed by atoms with Gasteiger partial charge in [-0.25, -0.2) is 0 Å². The average Bonchev–Trinajstić information content (AvgIpc) is 3.31. The van der Waals surface area contributed by atoms with Crippen molar-refractivity contribution in [2.24, 2.45) is 16.8 Å². The van der Waals surface area contributed by atoms with Crippen molar-refractivity contribution in [3.63, 3.8) is 0 Å². The normalized spacial score (nSPS) is 20.8. The Kier molecular flexibility index (Phi) is 4.01. The highest BCUT2D eigenvalue weighted by Gasteiger charge is 2.26. The highest BCUT2D eigenvalue weighted by atomic mass is 16.4. The molecule has 0 aromatic heterocycles. The average molecular weight is 288 g/mol. The lowest BCUT2D eigenvalue weighted by atomic mass is 10.1. The topological polar surface area (TPSA) is 65.1 Å². The van der Waals surface area contributed by atoms with E-state index in [0.29, 0.717) is 0 Å². The number of amidine groups is 1. The maximum atomic E-state index is 8.78. The summed E-state index contributed by atoms with van der Waals surface area (Å²) >= 11 is 0. The molecular weight excluding hydrogens is 264 g/mol. The quantitative estimate of drug-likeness (QED) is 0.382. The van der Waals surface area contributed by atoms with E-state index in [0.717, 1.165) is 43.2 Å². The number of piperazine rings is 1. The van der Waals surface area contributed by atoms with Gasteiger partial charge >= 0.3 is 0 Å². The fourth-order valence-electron chi connectivity index (χ4n) is 3.04. The van der Waals surface area contributed by atoms with Gasteiger partial charge in [0.1, 0.15) is 0 Å². The lowest BCUT2D eigenvalue weighted by Crippen LogP contribution is -2.47. The van der Waals surface area contributed by atoms with Crippen molar-refractivity contribution in [1.29, 1.82) is 0 Å². The molecule has 0 unspecified atom stereocenters. The zero-order chi connectivity index (χ0) is 14.8. The predicted molar refractivity (Wildman–Crippen MR) is 85.1 cm³/mol. The molecule has 1 saturated heterocycles. The van der Waals surface area contributed by atoms with E-state index in [2.05, 4.69) is 27.1 Å². The van der Waals surface area contributed by atoms with Crippen molar-refractivity contribution < 1.29 is 5.21 Å². The molecule has 0 radical (unpaired) electrons. The number of rotatable bonds is 4. The summed E-state index contributed by atoms with van der Waals surface area (Å²) < 4.78 is 0. The van der Waals surface area contributed by atoms with Crippen molar-refractivity contribution in [2.75, 3.05) is 37.6 Å². The Labute approximate surface area is 126 Å². The van der Waals surface area contributed by atoms with Crippen LogP contribution in [0.25, 0.3) is 0 Å². The van der Waals surface area contributed by atoms with E-state index < -0.39 is 0 Å². The molecule has 5 heteroatoms. The fraction of sp³-hybridized carbons (Fsp3) is 0.562. The van der Waals surface area contributed by atoms with Crippen LogP contribution in [0.3, 0.4) is 0 Å². The standard InChI is InChI=1S/C16H24N4O/c1-12-10-14(4-5-15(12)16(17)18-21)20-8-6-19(7-9-20)11-13-2-3-13/h4-5,10,13,21H,2-3,6-9,11H2,1H3,(H2,17,18). The minimum atomic E-state index is 0.174. The van der Waals surface area contributed by atoms with Gasteiger partial charge in [0, 0.05) is 44.0 Å². The molecule has 2 aliphatic rings. The molecule has 2 fully saturated rings. The van der Waals surface area contributed by atoms with Gasteiger partial charge in [-0.1, -0.05) is 5.16 Å². The summed E-state index contributed by atoms with van der Waals surface area (Å²) in [7, 11) is 0. The summed E-state index contributed by atoms with van der Waals surface area (Å²) in [6.45, 7) is 7.74. The Hall–Kier alpha value is -1.75. The fourth-order valence-corrected chi connectivity index (χ4v) is 3.04. The van der Waals surface area contributed by atoms with Crippen molar-refractivity contribution >= 4 is 11.5 Å². The molecular formula is C16H24N4O. The van der Waals surface area contributed by atoms with E-state index in [1.165, 1.54) is 25.1 Å². The molecule has 1 aliphatic carbocycles. The predicted octanol–water partition coefficient (Wildman–Crippen LogP) is 1.62. The molecule has 1 aliphatic heterocycles. The van der Waals surface area contributed by atoms with Crippen LogP contribution < -0.4 is 10.6 Å². The Morgan fingerprint density at radius 3 is 2.57 bits per heavy atom. The minimum absolute atomic E-state index is 0.174. The summed E-state index contributed by atoms with van der Waals surface area (Å²) in [6, 6.07) is 6.14. The summed E-state index contributed by atoms with van der Waals surface area (Å²) in [4.78, 5) is 5.01. The first-order valence-corrected chi connectivity index (χ1v) is 7.73. The molecule has 114 valence electrons. The van der Waals surface area contributed by atoms with Crippen LogP contribution in [0.2, 0.25) is 0 Å². The Balaban J connectivity index is 1.63. The number of nitrogens with two attached hydrogens (primary N) is 1. The smallest absolute Gasteiger partial charge is 0.170 e. The van der Waals surface area contributed by atoms with Crippen molar-refractivity contribution in [2.45, 2.75) is 19.8 Å². The maximum absolute atomic E-state index is 8.78. The number of nitrogens with zero attached hydrogens (tertiary/aromatic N) is 3. The van der Waals surface area contributed by atoms with E-state index in [9.17, 15) is 0 Å². The number of benzene rings is 1. The summed E-state index contributed by atoms with van der Waals surface area (Å²) in [6.07, 6.45) is 2.85. The molecule has 3 N–H and O–H groups in total. The molecule has 1 aromatic carbocycles. The number of anilines is 1. The molecule has 5 nitrogen and oxygen atoms in total. The number of hydrogen-bond acceptors (Lipinski definition) is 4. The van der Waals surface area contributed by atoms with E-state index in [-0.39, 0.29) is 5.84 Å². The summed E-state index contributed by atoms with van der Waals surface area (Å²) in [5.74, 6) is 1.15. The van der Waals surface area contributed by atoms with Crippen LogP contribution in [0, 0.1) is 12.8 Å². The van der Waals surface area contributed by atoms with Gasteiger partial charge in [-0.15, -0.1) is 0 Å². The summed E-state index contributed by atoms with van der Waals surface area (Å²) in [5.41, 5.74) is 8.75. The van der Waals surface area contributed by atoms with E-state index in [4.69, 9.17) is 10.9 Å². The molecule has 21 heavy (non-hydrogen) atoms. The van der Waals surface area contributed by atoms with Crippen LogP contribution in [0.15, 0.2) is 23.4 Å². The van der Waals surface area contributed by atoms with Gasteiger partial charge < -0.3 is 15.8 Å². The van der Waals surface area contributed by atoms with E-state index in [1.807, 2.05) is 13.0 Å². The number of aryl methyl sites for hydroxylation is 1. The van der Waals surface area contributed by atoms with Crippen molar-refractivity contribution in [3.05, 3.63) is 29.3 Å². The molecule has 1 heterocycles. The van der Waals surface area contributed by atoms with Gasteiger partial charge in [-0.05, 0) is 49.4 Å². The lowest BCUT2D eigenvalue weighted by Gasteiger charge is -2.36. The van der Waals surface area contributed by atoms with Gasteiger partial charge in [0.15, 0.2) is 5.84 Å². The SMILES string of the molecule is Cc1cc(N2CCN(CC3CC3)CC2)ccc1/C(N)=N/O. The number of oxime groups is 1. The van der Waals surface area contributed by atoms with Crippen LogP contribution in [0.1, 0.15) is 24.0 Å². The van der Waals surface area contributed by atoms with Crippen LogP contribution in [-0.2, 0) is 0 Å². The zero-order valence-corrected chi connectivity index (χ0v) is 12.6. The highest BCUT2D eigenvalue weighted by Crippen LogP contribution is 2.30. The first-order chi connectivity index (χ1) is 10.2. The Bertz CT molecular complexity index is 531. The third-order valence-electron chi connectivity index (χ3n) is 4.54. The second-order valence-corrected chi connectivity index (χ2v) is 6.22. The van der Waals surface area contributed by atoms with Crippen LogP contribution in [-0.4, -0.2) is 48.7 Å². The second kappa shape index (κ2) is 5.93. The van der Waals surface area contributed by atoms with Crippen molar-refractivity contribution in [1.82, 2.24) is 4.90 Å². The molecule has 1 aromatic rings. The van der Waals surface area contributed by atoms with Gasteiger partial charge in [0.05, 0.1) is 0 Å².